The molecule has 7 unspecified atom stereocenters. The van der Waals surface area contributed by atoms with Gasteiger partial charge in [0, 0.05) is 37.4 Å². The van der Waals surface area contributed by atoms with E-state index in [4.69, 9.17) is 16.2 Å². The minimum Gasteiger partial charge on any atom is -0.461 e. The summed E-state index contributed by atoms with van der Waals surface area (Å²) in [5.74, 6) is -2.52. The fraction of sp³-hybridized carbons (Fsp3) is 0.548. The molecule has 0 radical (unpaired) electrons. The first-order chi connectivity index (χ1) is 28.3. The molecule has 3 saturated heterocycles. The fourth-order valence-corrected chi connectivity index (χ4v) is 7.28. The number of primary amides is 1. The highest BCUT2D eigenvalue weighted by molar-refractivity contribution is 5.94. The number of amides is 6. The summed E-state index contributed by atoms with van der Waals surface area (Å²) in [5, 5.41) is 7.52. The molecular weight excluding hydrogens is 783 g/mol. The molecule has 3 fully saturated rings. The average molecular weight is 843 g/mol. The van der Waals surface area contributed by atoms with Gasteiger partial charge in [-0.1, -0.05) is 24.6 Å². The Morgan fingerprint density at radius 2 is 1.55 bits per heavy atom. The lowest BCUT2D eigenvalue weighted by Crippen LogP contribution is -2.58. The van der Waals surface area contributed by atoms with Gasteiger partial charge in [0.25, 0.3) is 0 Å². The second-order valence-electron chi connectivity index (χ2n) is 15.9. The van der Waals surface area contributed by atoms with Crippen LogP contribution in [0.1, 0.15) is 70.4 Å². The topological polar surface area (TPSA) is 227 Å². The number of hydrogen-bond donors (Lipinski definition) is 5. The third-order valence-corrected chi connectivity index (χ3v) is 10.1. The van der Waals surface area contributed by atoms with E-state index in [-0.39, 0.29) is 55.3 Å². The Morgan fingerprint density at radius 3 is 2.12 bits per heavy atom. The van der Waals surface area contributed by atoms with Gasteiger partial charge in [0.1, 0.15) is 42.2 Å². The first-order valence-corrected chi connectivity index (χ1v) is 20.1. The molecule has 3 aliphatic heterocycles. The Morgan fingerprint density at radius 1 is 0.900 bits per heavy atom. The van der Waals surface area contributed by atoms with Crippen LogP contribution in [0.15, 0.2) is 42.5 Å². The van der Waals surface area contributed by atoms with Crippen LogP contribution >= 0.6 is 0 Å². The maximum absolute atomic E-state index is 13.6. The quantitative estimate of drug-likeness (QED) is 0.164. The smallest absolute Gasteiger partial charge is 0.323 e. The van der Waals surface area contributed by atoms with Gasteiger partial charge in [-0.3, -0.25) is 28.9 Å². The summed E-state index contributed by atoms with van der Waals surface area (Å²) in [7, 11) is 1.89. The third kappa shape index (κ3) is 15.6. The average Bonchev–Trinajstić information content (AvgIpc) is 3.74. The number of carbonyl (C=O) groups is 7. The van der Waals surface area contributed by atoms with Crippen LogP contribution in [0.25, 0.3) is 0 Å². The number of esters is 1. The van der Waals surface area contributed by atoms with Crippen LogP contribution in [0.5, 0.6) is 0 Å². The monoisotopic (exact) mass is 842 g/mol. The summed E-state index contributed by atoms with van der Waals surface area (Å²) in [6.45, 7) is 10.2. The molecule has 0 aromatic heterocycles. The number of benzene rings is 2. The molecule has 0 aliphatic carbocycles. The summed E-state index contributed by atoms with van der Waals surface area (Å²) >= 11 is 0. The normalized spacial score (nSPS) is 22.1. The van der Waals surface area contributed by atoms with Crippen molar-refractivity contribution in [3.63, 3.8) is 0 Å². The number of nitrogens with two attached hydrogens (primary N) is 2. The van der Waals surface area contributed by atoms with E-state index in [2.05, 4.69) is 22.9 Å². The molecule has 16 nitrogen and oxygen atoms in total. The van der Waals surface area contributed by atoms with Gasteiger partial charge < -0.3 is 46.7 Å². The number of aryl methyl sites for hydroxylation is 2. The van der Waals surface area contributed by atoms with Gasteiger partial charge in [-0.15, -0.1) is 0 Å². The van der Waals surface area contributed by atoms with Gasteiger partial charge in [-0.25, -0.2) is 13.6 Å². The lowest BCUT2D eigenvalue weighted by atomic mass is 9.99. The predicted molar refractivity (Wildman–Crippen MR) is 220 cm³/mol. The Kier molecular flexibility index (Phi) is 19.0. The number of nitrogens with one attached hydrogen (secondary N) is 3. The number of urea groups is 1. The summed E-state index contributed by atoms with van der Waals surface area (Å²) in [6, 6.07) is 7.51. The van der Waals surface area contributed by atoms with Crippen LogP contribution in [0.2, 0.25) is 0 Å². The number of piperidine rings is 1. The molecule has 6 amide bonds. The van der Waals surface area contributed by atoms with E-state index < -0.39 is 47.8 Å². The van der Waals surface area contributed by atoms with E-state index in [9.17, 15) is 42.3 Å². The van der Waals surface area contributed by atoms with Crippen molar-refractivity contribution in [1.29, 1.82) is 0 Å². The van der Waals surface area contributed by atoms with Crippen LogP contribution in [0.4, 0.5) is 19.3 Å². The number of likely N-dealkylation sites (tertiary alicyclic amines) is 3. The number of ether oxygens (including phenoxy) is 1. The van der Waals surface area contributed by atoms with Crippen LogP contribution in [-0.2, 0) is 33.5 Å². The van der Waals surface area contributed by atoms with Crippen LogP contribution in [0.3, 0.4) is 0 Å². The lowest BCUT2D eigenvalue weighted by molar-refractivity contribution is -0.156. The van der Waals surface area contributed by atoms with Crippen LogP contribution < -0.4 is 27.4 Å². The Labute approximate surface area is 350 Å². The summed E-state index contributed by atoms with van der Waals surface area (Å²) in [5.41, 5.74) is 13.4. The molecule has 2 aromatic rings. The molecule has 7 atom stereocenters. The first-order valence-electron chi connectivity index (χ1n) is 20.1. The van der Waals surface area contributed by atoms with Crippen molar-refractivity contribution in [3.05, 3.63) is 65.2 Å². The lowest BCUT2D eigenvalue weighted by Gasteiger charge is -2.38. The maximum atomic E-state index is 13.6. The molecular formula is C42H60F2N8O8. The van der Waals surface area contributed by atoms with E-state index in [1.165, 1.54) is 21.9 Å². The molecule has 5 rings (SSSR count). The van der Waals surface area contributed by atoms with Gasteiger partial charge in [0.15, 0.2) is 0 Å². The zero-order valence-electron chi connectivity index (χ0n) is 35.2. The number of carbonyl (C=O) groups excluding carboxylic acids is 7. The minimum atomic E-state index is -0.769. The first kappa shape index (κ1) is 48.9. The van der Waals surface area contributed by atoms with Gasteiger partial charge in [0.05, 0.1) is 19.0 Å². The van der Waals surface area contributed by atoms with Gasteiger partial charge >= 0.3 is 12.0 Å². The zero-order valence-corrected chi connectivity index (χ0v) is 35.2. The van der Waals surface area contributed by atoms with Crippen LogP contribution in [0, 0.1) is 31.4 Å². The Hall–Kier alpha value is -5.49. The van der Waals surface area contributed by atoms with Crippen molar-refractivity contribution >= 4 is 47.6 Å². The highest BCUT2D eigenvalue weighted by atomic mass is 19.1. The number of hydrogen-bond acceptors (Lipinski definition) is 10. The van der Waals surface area contributed by atoms with Crippen molar-refractivity contribution in [3.8, 4) is 0 Å². The number of nitrogens with zero attached hydrogens (tertiary/aromatic N) is 3. The summed E-state index contributed by atoms with van der Waals surface area (Å²) in [4.78, 5) is 89.6. The Balaban J connectivity index is 0.000000324. The molecule has 3 heterocycles. The van der Waals surface area contributed by atoms with Crippen molar-refractivity contribution in [2.24, 2.45) is 17.4 Å². The highest BCUT2D eigenvalue weighted by Crippen LogP contribution is 2.26. The largest absolute Gasteiger partial charge is 0.461 e. The third-order valence-electron chi connectivity index (χ3n) is 10.1. The van der Waals surface area contributed by atoms with Crippen molar-refractivity contribution in [2.75, 3.05) is 38.5 Å². The number of anilines is 1. The number of likely N-dealkylation sites (N-methyl/N-ethyl adjacent to an activating group) is 1. The van der Waals surface area contributed by atoms with Gasteiger partial charge in [0.2, 0.25) is 23.6 Å². The number of halogens is 2. The van der Waals surface area contributed by atoms with Crippen molar-refractivity contribution in [2.45, 2.75) is 109 Å². The SMILES string of the molecule is CC1CC(C(=O)OC(C)CC(=O)N2CC(N)CC2C(=O)N2CCCCC2C(=O)NC(C)C=O)N(C)C1.Cc1cc(F)cc(F)c1.Cc1ccc(NC(=O)NCC(N)=O)cc1. The van der Waals surface area contributed by atoms with E-state index in [0.717, 1.165) is 37.4 Å². The molecule has 0 bridgehead atoms. The van der Waals surface area contributed by atoms with Gasteiger partial charge in [-0.2, -0.15) is 0 Å². The maximum Gasteiger partial charge on any atom is 0.323 e. The molecule has 0 spiro atoms. The molecule has 7 N–H and O–H groups in total. The van der Waals surface area contributed by atoms with Gasteiger partial charge in [-0.05, 0) is 103 Å². The standard InChI is InChI=1S/C25H41N5O6.C10H13N3O2.C7H6F2/c1-15-9-21(28(4)12-15)25(35)36-17(3)10-22(32)30-13-18(26)11-20(30)24(34)29-8-6-5-7-19(29)23(33)27-16(2)14-31;1-7-2-4-8(5-3-7)13-10(15)12-6-9(11)14;1-5-2-6(8)4-7(9)3-5/h14-21H,5-13,26H2,1-4H3,(H,27,33);2-5H,6H2,1H3,(H2,11,14)(H2,12,13,15);2-4H,1H3. The molecule has 0 saturated carbocycles. The molecule has 3 aliphatic rings. The van der Waals surface area contributed by atoms with E-state index in [1.807, 2.05) is 31.0 Å². The fourth-order valence-electron chi connectivity index (χ4n) is 7.28. The number of rotatable bonds is 11. The molecule has 330 valence electrons. The predicted octanol–water partition coefficient (Wildman–Crippen LogP) is 2.54. The Bertz CT molecular complexity index is 1770. The number of aldehydes is 1. The molecule has 60 heavy (non-hydrogen) atoms. The molecule has 18 heteroatoms. The van der Waals surface area contributed by atoms with E-state index in [0.29, 0.717) is 42.8 Å². The van der Waals surface area contributed by atoms with E-state index in [1.54, 1.807) is 32.9 Å². The second kappa shape index (κ2) is 23.3. The highest BCUT2D eigenvalue weighted by Gasteiger charge is 2.44. The van der Waals surface area contributed by atoms with E-state index >= 15 is 0 Å². The minimum absolute atomic E-state index is 0.0466. The summed E-state index contributed by atoms with van der Waals surface area (Å²) < 4.78 is 30.0. The van der Waals surface area contributed by atoms with Crippen LogP contribution in [-0.4, -0.2) is 126 Å². The second-order valence-corrected chi connectivity index (χ2v) is 15.9. The van der Waals surface area contributed by atoms with Crippen molar-refractivity contribution in [1.82, 2.24) is 25.3 Å². The summed E-state index contributed by atoms with van der Waals surface area (Å²) in [6.07, 6.45) is 3.03. The zero-order chi connectivity index (χ0) is 44.7. The van der Waals surface area contributed by atoms with Crippen molar-refractivity contribution < 1.29 is 47.1 Å². The molecule has 2 aromatic carbocycles.